The lowest BCUT2D eigenvalue weighted by atomic mass is 9.99. The number of hydrogen-bond donors (Lipinski definition) is 1. The fourth-order valence-corrected chi connectivity index (χ4v) is 2.93. The van der Waals surface area contributed by atoms with Crippen LogP contribution in [0.1, 0.15) is 31.5 Å². The summed E-state index contributed by atoms with van der Waals surface area (Å²) in [4.78, 5) is 6.43. The minimum atomic E-state index is 0.540. The number of aryl methyl sites for hydroxylation is 1. The zero-order valence-electron chi connectivity index (χ0n) is 9.81. The fourth-order valence-electron chi connectivity index (χ4n) is 2.93. The quantitative estimate of drug-likeness (QED) is 0.812. The highest BCUT2D eigenvalue weighted by atomic mass is 16.5. The van der Waals surface area contributed by atoms with Gasteiger partial charge in [-0.05, 0) is 32.6 Å². The predicted molar refractivity (Wildman–Crippen MR) is 60.4 cm³/mol. The Morgan fingerprint density at radius 2 is 2.00 bits per heavy atom. The van der Waals surface area contributed by atoms with Crippen LogP contribution in [0, 0.1) is 6.92 Å². The molecule has 0 spiro atoms. The van der Waals surface area contributed by atoms with Crippen LogP contribution >= 0.6 is 0 Å². The van der Waals surface area contributed by atoms with Gasteiger partial charge in [0.15, 0.2) is 5.82 Å². The van der Waals surface area contributed by atoms with Crippen molar-refractivity contribution in [1.82, 2.24) is 15.5 Å². The molecule has 2 unspecified atom stereocenters. The Bertz CT molecular complexity index is 366. The first-order valence-electron chi connectivity index (χ1n) is 6.01. The molecule has 0 amide bonds. The van der Waals surface area contributed by atoms with Crippen molar-refractivity contribution in [2.45, 2.75) is 50.7 Å². The molecule has 1 aromatic rings. The molecule has 5 heteroatoms. The van der Waals surface area contributed by atoms with E-state index >= 15 is 0 Å². The van der Waals surface area contributed by atoms with E-state index < -0.39 is 0 Å². The average molecular weight is 222 g/mol. The van der Waals surface area contributed by atoms with Gasteiger partial charge in [-0.15, -0.1) is 0 Å². The molecular formula is C11H18N4O. The Morgan fingerprint density at radius 1 is 1.31 bits per heavy atom. The summed E-state index contributed by atoms with van der Waals surface area (Å²) in [6, 6.07) is 2.58. The summed E-state index contributed by atoms with van der Waals surface area (Å²) >= 11 is 0. The number of hydrogen-bond acceptors (Lipinski definition) is 5. The van der Waals surface area contributed by atoms with E-state index in [0.29, 0.717) is 30.0 Å². The molecule has 0 aliphatic carbocycles. The molecule has 1 N–H and O–H groups in total. The first kappa shape index (κ1) is 10.1. The molecule has 1 aromatic heterocycles. The Labute approximate surface area is 95.2 Å². The molecule has 5 nitrogen and oxygen atoms in total. The summed E-state index contributed by atoms with van der Waals surface area (Å²) < 4.78 is 5.21. The third-order valence-electron chi connectivity index (χ3n) is 3.81. The highest BCUT2D eigenvalue weighted by molar-refractivity contribution is 5.26. The van der Waals surface area contributed by atoms with Crippen molar-refractivity contribution in [1.29, 1.82) is 0 Å². The maximum Gasteiger partial charge on any atom is 0.324 e. The van der Waals surface area contributed by atoms with E-state index in [1.165, 1.54) is 25.7 Å². The minimum Gasteiger partial charge on any atom is -0.324 e. The maximum absolute atomic E-state index is 5.21. The first-order valence-corrected chi connectivity index (χ1v) is 6.01. The van der Waals surface area contributed by atoms with Crippen LogP contribution in [0.25, 0.3) is 0 Å². The van der Waals surface area contributed by atoms with E-state index in [-0.39, 0.29) is 0 Å². The number of piperidine rings is 1. The zero-order chi connectivity index (χ0) is 11.1. The van der Waals surface area contributed by atoms with Crippen LogP contribution in [0.5, 0.6) is 0 Å². The van der Waals surface area contributed by atoms with Crippen molar-refractivity contribution < 1.29 is 4.52 Å². The summed E-state index contributed by atoms with van der Waals surface area (Å²) in [7, 11) is 2.06. The molecule has 2 fully saturated rings. The van der Waals surface area contributed by atoms with Gasteiger partial charge in [0, 0.05) is 25.2 Å². The van der Waals surface area contributed by atoms with E-state index in [2.05, 4.69) is 27.4 Å². The van der Waals surface area contributed by atoms with Gasteiger partial charge >= 0.3 is 6.01 Å². The Kier molecular flexibility index (Phi) is 2.35. The molecule has 0 aromatic carbocycles. The van der Waals surface area contributed by atoms with Gasteiger partial charge in [0.1, 0.15) is 0 Å². The van der Waals surface area contributed by atoms with Crippen LogP contribution in [0.15, 0.2) is 4.52 Å². The molecule has 3 rings (SSSR count). The summed E-state index contributed by atoms with van der Waals surface area (Å²) in [6.07, 6.45) is 5.01. The lowest BCUT2D eigenvalue weighted by Gasteiger charge is -2.34. The first-order chi connectivity index (χ1) is 7.72. The Hall–Kier alpha value is -1.10. The van der Waals surface area contributed by atoms with Gasteiger partial charge in [-0.3, -0.25) is 0 Å². The molecule has 88 valence electrons. The third-order valence-corrected chi connectivity index (χ3v) is 3.81. The molecule has 2 atom stereocenters. The molecule has 3 heterocycles. The van der Waals surface area contributed by atoms with Crippen molar-refractivity contribution in [2.24, 2.45) is 0 Å². The normalized spacial score (nSPS) is 33.0. The predicted octanol–water partition coefficient (Wildman–Crippen LogP) is 1.10. The number of aromatic nitrogens is 2. The van der Waals surface area contributed by atoms with Gasteiger partial charge in [-0.25, -0.2) is 0 Å². The van der Waals surface area contributed by atoms with Gasteiger partial charge in [0.05, 0.1) is 0 Å². The highest BCUT2D eigenvalue weighted by Gasteiger charge is 2.36. The van der Waals surface area contributed by atoms with Crippen molar-refractivity contribution in [2.75, 3.05) is 11.9 Å². The lowest BCUT2D eigenvalue weighted by Crippen LogP contribution is -2.47. The van der Waals surface area contributed by atoms with Crippen molar-refractivity contribution >= 4 is 6.01 Å². The van der Waals surface area contributed by atoms with Gasteiger partial charge in [-0.1, -0.05) is 5.16 Å². The number of nitrogens with zero attached hydrogens (tertiary/aromatic N) is 3. The second-order valence-corrected chi connectivity index (χ2v) is 5.00. The van der Waals surface area contributed by atoms with E-state index in [4.69, 9.17) is 4.52 Å². The van der Waals surface area contributed by atoms with Gasteiger partial charge in [0.2, 0.25) is 0 Å². The SMILES string of the molecule is Cc1noc(N(C)C2CC3CCC(C2)N3)n1. The fraction of sp³-hybridized carbons (Fsp3) is 0.818. The molecule has 0 radical (unpaired) electrons. The standard InChI is InChI=1S/C11H18N4O/c1-7-12-11(16-14-7)15(2)10-5-8-3-4-9(6-10)13-8/h8-10,13H,3-6H2,1-2H3. The number of fused-ring (bicyclic) bond motifs is 2. The zero-order valence-corrected chi connectivity index (χ0v) is 9.81. The Balaban J connectivity index is 1.73. The summed E-state index contributed by atoms with van der Waals surface area (Å²) in [6.45, 7) is 1.85. The highest BCUT2D eigenvalue weighted by Crippen LogP contribution is 2.30. The van der Waals surface area contributed by atoms with Crippen molar-refractivity contribution in [3.8, 4) is 0 Å². The molecule has 2 bridgehead atoms. The monoisotopic (exact) mass is 222 g/mol. The van der Waals surface area contributed by atoms with Crippen LogP contribution in [0.4, 0.5) is 6.01 Å². The van der Waals surface area contributed by atoms with Gasteiger partial charge in [0.25, 0.3) is 0 Å². The van der Waals surface area contributed by atoms with E-state index in [9.17, 15) is 0 Å². The third kappa shape index (κ3) is 1.69. The summed E-state index contributed by atoms with van der Waals surface area (Å²) in [5.41, 5.74) is 0. The van der Waals surface area contributed by atoms with Crippen molar-refractivity contribution in [3.05, 3.63) is 5.82 Å². The summed E-state index contributed by atoms with van der Waals surface area (Å²) in [5.74, 6) is 0.707. The van der Waals surface area contributed by atoms with Crippen LogP contribution < -0.4 is 10.2 Å². The van der Waals surface area contributed by atoms with E-state index in [1.807, 2.05) is 6.92 Å². The molecule has 0 saturated carbocycles. The van der Waals surface area contributed by atoms with E-state index in [1.54, 1.807) is 0 Å². The number of anilines is 1. The minimum absolute atomic E-state index is 0.540. The topological polar surface area (TPSA) is 54.2 Å². The van der Waals surface area contributed by atoms with Crippen LogP contribution in [-0.2, 0) is 0 Å². The second-order valence-electron chi connectivity index (χ2n) is 5.00. The molecular weight excluding hydrogens is 204 g/mol. The average Bonchev–Trinajstić information content (AvgIpc) is 2.84. The largest absolute Gasteiger partial charge is 0.324 e. The molecule has 2 saturated heterocycles. The van der Waals surface area contributed by atoms with Gasteiger partial charge in [-0.2, -0.15) is 4.98 Å². The second kappa shape index (κ2) is 3.73. The van der Waals surface area contributed by atoms with Crippen LogP contribution in [0.3, 0.4) is 0 Å². The van der Waals surface area contributed by atoms with Crippen LogP contribution in [-0.4, -0.2) is 35.3 Å². The molecule has 2 aliphatic rings. The van der Waals surface area contributed by atoms with E-state index in [0.717, 1.165) is 0 Å². The molecule has 2 aliphatic heterocycles. The maximum atomic E-state index is 5.21. The number of rotatable bonds is 2. The Morgan fingerprint density at radius 3 is 2.56 bits per heavy atom. The van der Waals surface area contributed by atoms with Crippen LogP contribution in [0.2, 0.25) is 0 Å². The molecule has 16 heavy (non-hydrogen) atoms. The smallest absolute Gasteiger partial charge is 0.324 e. The lowest BCUT2D eigenvalue weighted by molar-refractivity contribution is 0.332. The van der Waals surface area contributed by atoms with Crippen molar-refractivity contribution in [3.63, 3.8) is 0 Å². The number of nitrogens with one attached hydrogen (secondary N) is 1. The summed E-state index contributed by atoms with van der Waals surface area (Å²) in [5, 5.41) is 7.48. The van der Waals surface area contributed by atoms with Gasteiger partial charge < -0.3 is 14.7 Å².